The highest BCUT2D eigenvalue weighted by atomic mass is 32.2. The Kier molecular flexibility index (Phi) is 9.82. The van der Waals surface area contributed by atoms with E-state index in [9.17, 15) is 14.4 Å². The average Bonchev–Trinajstić information content (AvgIpc) is 3.22. The number of carbonyl (C=O) groups is 3. The number of ether oxygens (including phenoxy) is 2. The van der Waals surface area contributed by atoms with Crippen LogP contribution in [0.25, 0.3) is 0 Å². The summed E-state index contributed by atoms with van der Waals surface area (Å²) in [6, 6.07) is 3.64. The highest BCUT2D eigenvalue weighted by molar-refractivity contribution is 8.00. The van der Waals surface area contributed by atoms with Crippen LogP contribution in [0.15, 0.2) is 45.8 Å². The Balaban J connectivity index is 1.79. The Morgan fingerprint density at radius 1 is 1.17 bits per heavy atom. The fourth-order valence-corrected chi connectivity index (χ4v) is 5.89. The van der Waals surface area contributed by atoms with Crippen LogP contribution in [0.3, 0.4) is 0 Å². The minimum Gasteiger partial charge on any atom is -0.480 e. The molecule has 2 N–H and O–H groups in total. The second-order valence-electron chi connectivity index (χ2n) is 7.94. The maximum atomic E-state index is 13.3. The van der Waals surface area contributed by atoms with Crippen molar-refractivity contribution in [3.63, 3.8) is 0 Å². The van der Waals surface area contributed by atoms with Gasteiger partial charge >= 0.3 is 5.97 Å². The molecule has 0 spiro atoms. The number of ketones is 2. The zero-order valence-corrected chi connectivity index (χ0v) is 22.5. The maximum absolute atomic E-state index is 13.3. The molecule has 0 saturated heterocycles. The zero-order chi connectivity index (χ0) is 25.5. The van der Waals surface area contributed by atoms with Gasteiger partial charge in [0.1, 0.15) is 5.75 Å². The highest BCUT2D eigenvalue weighted by Gasteiger charge is 2.37. The van der Waals surface area contributed by atoms with Crippen molar-refractivity contribution in [1.82, 2.24) is 4.90 Å². The summed E-state index contributed by atoms with van der Waals surface area (Å²) < 4.78 is 10.8. The summed E-state index contributed by atoms with van der Waals surface area (Å²) in [5.41, 5.74) is 7.15. The molecular formula is C25H30N2O5S3. The van der Waals surface area contributed by atoms with Gasteiger partial charge in [-0.25, -0.2) is 4.79 Å². The van der Waals surface area contributed by atoms with E-state index in [1.165, 1.54) is 0 Å². The van der Waals surface area contributed by atoms with Crippen molar-refractivity contribution in [2.75, 3.05) is 37.8 Å². The van der Waals surface area contributed by atoms with E-state index in [-0.39, 0.29) is 42.2 Å². The molecular weight excluding hydrogens is 504 g/mol. The maximum Gasteiger partial charge on any atom is 0.344 e. The van der Waals surface area contributed by atoms with Crippen molar-refractivity contribution >= 4 is 58.3 Å². The van der Waals surface area contributed by atoms with Crippen molar-refractivity contribution in [3.05, 3.63) is 41.6 Å². The highest BCUT2D eigenvalue weighted by Crippen LogP contribution is 2.40. The normalized spacial score (nSPS) is 18.8. The molecule has 0 aromatic heterocycles. The largest absolute Gasteiger partial charge is 0.480 e. The van der Waals surface area contributed by atoms with E-state index in [2.05, 4.69) is 0 Å². The third-order valence-electron chi connectivity index (χ3n) is 5.52. The number of Topliss-reactive ketones (excluding diaryl/α,β-unsaturated/α-hetero) is 2. The third kappa shape index (κ3) is 6.68. The van der Waals surface area contributed by atoms with E-state index in [0.29, 0.717) is 17.9 Å². The molecule has 0 radical (unpaired) electrons. The monoisotopic (exact) mass is 534 g/mol. The Bertz CT molecular complexity index is 1040. The standard InChI is InChI=1S/C25H30N2O5S3/c1-4-31-22(29)14-32-24-20(34-5-2)9-16(10-21(24)35-6-3)19(28)13-27-11-15-7-8-17(25(26)33)23(30)18(15)12-27/h7-11,17-18H,4-6,12-14H2,1-3H3,(H2,26,33). The Morgan fingerprint density at radius 3 is 2.40 bits per heavy atom. The van der Waals surface area contributed by atoms with Gasteiger partial charge in [-0.1, -0.05) is 38.2 Å². The first-order chi connectivity index (χ1) is 16.8. The van der Waals surface area contributed by atoms with Gasteiger partial charge in [-0.3, -0.25) is 9.59 Å². The van der Waals surface area contributed by atoms with E-state index in [0.717, 1.165) is 26.9 Å². The lowest BCUT2D eigenvalue weighted by atomic mass is 9.83. The number of esters is 1. The van der Waals surface area contributed by atoms with Crippen LogP contribution in [0.1, 0.15) is 31.1 Å². The van der Waals surface area contributed by atoms with Crippen molar-refractivity contribution in [1.29, 1.82) is 0 Å². The molecule has 1 aromatic carbocycles. The van der Waals surface area contributed by atoms with Gasteiger partial charge in [0.2, 0.25) is 0 Å². The lowest BCUT2D eigenvalue weighted by Crippen LogP contribution is -2.37. The summed E-state index contributed by atoms with van der Waals surface area (Å²) in [4.78, 5) is 41.5. The van der Waals surface area contributed by atoms with Crippen LogP contribution in [0, 0.1) is 11.8 Å². The molecule has 0 amide bonds. The number of nitrogens with zero attached hydrogens (tertiary/aromatic N) is 1. The molecule has 7 nitrogen and oxygen atoms in total. The number of fused-ring (bicyclic) bond motifs is 1. The van der Waals surface area contributed by atoms with Gasteiger partial charge in [-0.15, -0.1) is 23.5 Å². The lowest BCUT2D eigenvalue weighted by Gasteiger charge is -2.22. The van der Waals surface area contributed by atoms with Crippen LogP contribution in [0.5, 0.6) is 5.75 Å². The van der Waals surface area contributed by atoms with E-state index in [1.807, 2.05) is 43.2 Å². The summed E-state index contributed by atoms with van der Waals surface area (Å²) in [7, 11) is 0. The molecule has 188 valence electrons. The third-order valence-corrected chi connectivity index (χ3v) is 7.58. The lowest BCUT2D eigenvalue weighted by molar-refractivity contribution is -0.145. The summed E-state index contributed by atoms with van der Waals surface area (Å²) in [5, 5.41) is 0. The number of hydrogen-bond donors (Lipinski definition) is 1. The first-order valence-corrected chi connectivity index (χ1v) is 13.9. The van der Waals surface area contributed by atoms with E-state index in [4.69, 9.17) is 27.4 Å². The molecule has 0 fully saturated rings. The molecule has 0 bridgehead atoms. The number of allylic oxidation sites excluding steroid dienone is 1. The Morgan fingerprint density at radius 2 is 1.83 bits per heavy atom. The molecule has 3 rings (SSSR count). The number of thioether (sulfide) groups is 2. The first-order valence-electron chi connectivity index (χ1n) is 11.5. The quantitative estimate of drug-likeness (QED) is 0.184. The van der Waals surface area contributed by atoms with E-state index < -0.39 is 11.9 Å². The Labute approximate surface area is 219 Å². The number of carbonyl (C=O) groups excluding carboxylic acids is 3. The molecule has 0 saturated carbocycles. The first kappa shape index (κ1) is 27.3. The van der Waals surface area contributed by atoms with Gasteiger partial charge in [-0.2, -0.15) is 0 Å². The summed E-state index contributed by atoms with van der Waals surface area (Å²) >= 11 is 8.13. The van der Waals surface area contributed by atoms with Crippen LogP contribution in [0.4, 0.5) is 0 Å². The topological polar surface area (TPSA) is 98.9 Å². The van der Waals surface area contributed by atoms with E-state index >= 15 is 0 Å². The molecule has 1 heterocycles. The van der Waals surface area contributed by atoms with E-state index in [1.54, 1.807) is 36.5 Å². The minimum atomic E-state index is -0.549. The second kappa shape index (κ2) is 12.6. The molecule has 2 atom stereocenters. The Hall–Kier alpha value is -2.30. The van der Waals surface area contributed by atoms with Crippen LogP contribution in [0.2, 0.25) is 0 Å². The predicted molar refractivity (Wildman–Crippen MR) is 143 cm³/mol. The molecule has 1 aromatic rings. The van der Waals surface area contributed by atoms with Gasteiger partial charge in [-0.05, 0) is 36.1 Å². The minimum absolute atomic E-state index is 0.0208. The van der Waals surface area contributed by atoms with Gasteiger partial charge in [0.15, 0.2) is 18.2 Å². The number of rotatable bonds is 12. The van der Waals surface area contributed by atoms with Crippen LogP contribution < -0.4 is 10.5 Å². The molecule has 35 heavy (non-hydrogen) atoms. The van der Waals surface area contributed by atoms with Gasteiger partial charge in [0.05, 0.1) is 39.8 Å². The molecule has 10 heteroatoms. The second-order valence-corrected chi connectivity index (χ2v) is 11.0. The molecule has 2 unspecified atom stereocenters. The van der Waals surface area contributed by atoms with Crippen molar-refractivity contribution in [2.45, 2.75) is 30.6 Å². The van der Waals surface area contributed by atoms with Crippen molar-refractivity contribution in [3.8, 4) is 5.75 Å². The smallest absolute Gasteiger partial charge is 0.344 e. The van der Waals surface area contributed by atoms with Gasteiger partial charge < -0.3 is 20.1 Å². The van der Waals surface area contributed by atoms with Crippen molar-refractivity contribution < 1.29 is 23.9 Å². The summed E-state index contributed by atoms with van der Waals surface area (Å²) in [6.45, 7) is 6.46. The fourth-order valence-electron chi connectivity index (χ4n) is 3.99. The SMILES string of the molecule is CCOC(=O)COc1c(SCC)cc(C(=O)CN2C=C3C=CC(C(N)=S)C(=O)C3C2)cc1SCC. The van der Waals surface area contributed by atoms with Crippen LogP contribution >= 0.6 is 35.7 Å². The molecule has 1 aliphatic heterocycles. The molecule has 1 aliphatic carbocycles. The number of hydrogen-bond acceptors (Lipinski definition) is 9. The summed E-state index contributed by atoms with van der Waals surface area (Å²) in [5.74, 6) is 0.773. The van der Waals surface area contributed by atoms with Gasteiger partial charge in [0.25, 0.3) is 0 Å². The van der Waals surface area contributed by atoms with Gasteiger partial charge in [0, 0.05) is 18.3 Å². The summed E-state index contributed by atoms with van der Waals surface area (Å²) in [6.07, 6.45) is 5.48. The van der Waals surface area contributed by atoms with Crippen LogP contribution in [-0.2, 0) is 14.3 Å². The molecule has 2 aliphatic rings. The fraction of sp³-hybridized carbons (Fsp3) is 0.440. The number of benzene rings is 1. The van der Waals surface area contributed by atoms with Crippen LogP contribution in [-0.4, -0.2) is 65.2 Å². The average molecular weight is 535 g/mol. The predicted octanol–water partition coefficient (Wildman–Crippen LogP) is 3.89. The van der Waals surface area contributed by atoms with Crippen molar-refractivity contribution in [2.24, 2.45) is 17.6 Å². The number of thiocarbonyl (C=S) groups is 1. The zero-order valence-electron chi connectivity index (χ0n) is 20.1. The number of nitrogens with two attached hydrogens (primary N) is 1.